The molecule has 0 saturated carbocycles. The van der Waals surface area contributed by atoms with Gasteiger partial charge in [0.1, 0.15) is 12.4 Å². The number of aliphatic hydroxyl groups excluding tert-OH is 1. The van der Waals surface area contributed by atoms with Crippen LogP contribution in [0.15, 0.2) is 30.6 Å². The molecule has 0 aliphatic heterocycles. The minimum atomic E-state index is -0.493. The summed E-state index contributed by atoms with van der Waals surface area (Å²) >= 11 is 0. The average molecular weight is 287 g/mol. The van der Waals surface area contributed by atoms with Crippen molar-refractivity contribution in [3.8, 4) is 11.8 Å². The number of aromatic nitrogens is 2. The molecule has 5 nitrogen and oxygen atoms in total. The molecular weight excluding hydrogens is 273 g/mol. The molecule has 2 aromatic rings. The van der Waals surface area contributed by atoms with E-state index in [4.69, 9.17) is 5.11 Å². The molecule has 108 valence electrons. The number of nitrogens with one attached hydrogen (secondary N) is 1. The molecule has 0 unspecified atom stereocenters. The van der Waals surface area contributed by atoms with E-state index in [9.17, 15) is 9.18 Å². The molecule has 1 heterocycles. The van der Waals surface area contributed by atoms with E-state index in [-0.39, 0.29) is 17.7 Å². The van der Waals surface area contributed by atoms with Crippen molar-refractivity contribution in [1.29, 1.82) is 0 Å². The maximum absolute atomic E-state index is 13.2. The number of anilines is 1. The van der Waals surface area contributed by atoms with Crippen LogP contribution in [0, 0.1) is 17.7 Å². The van der Waals surface area contributed by atoms with Crippen molar-refractivity contribution < 1.29 is 14.3 Å². The van der Waals surface area contributed by atoms with E-state index >= 15 is 0 Å². The number of halogens is 1. The summed E-state index contributed by atoms with van der Waals surface area (Å²) in [4.78, 5) is 12.2. The van der Waals surface area contributed by atoms with Crippen molar-refractivity contribution in [3.05, 3.63) is 47.5 Å². The Bertz CT molecular complexity index is 713. The number of hydrogen-bond acceptors (Lipinski definition) is 3. The maximum Gasteiger partial charge on any atom is 0.257 e. The van der Waals surface area contributed by atoms with Crippen molar-refractivity contribution in [2.75, 3.05) is 11.9 Å². The van der Waals surface area contributed by atoms with Crippen molar-refractivity contribution in [1.82, 2.24) is 9.78 Å². The zero-order valence-corrected chi connectivity index (χ0v) is 11.4. The molecule has 6 heteroatoms. The number of nitrogens with zero attached hydrogens (tertiary/aromatic N) is 2. The van der Waals surface area contributed by atoms with Crippen LogP contribution in [0.4, 0.5) is 10.1 Å². The second kappa shape index (κ2) is 6.68. The number of hydrogen-bond donors (Lipinski definition) is 2. The van der Waals surface area contributed by atoms with E-state index < -0.39 is 11.7 Å². The topological polar surface area (TPSA) is 67.2 Å². The van der Waals surface area contributed by atoms with Gasteiger partial charge in [0.05, 0.1) is 17.4 Å². The van der Waals surface area contributed by atoms with E-state index in [0.717, 1.165) is 6.07 Å². The summed E-state index contributed by atoms with van der Waals surface area (Å²) in [5, 5.41) is 15.4. The number of carbonyl (C=O) groups is 1. The van der Waals surface area contributed by atoms with Gasteiger partial charge < -0.3 is 10.4 Å². The fourth-order valence-corrected chi connectivity index (χ4v) is 1.75. The summed E-state index contributed by atoms with van der Waals surface area (Å²) in [7, 11) is 0. The molecule has 21 heavy (non-hydrogen) atoms. The number of aryl methyl sites for hydroxylation is 1. The molecule has 2 rings (SSSR count). The summed E-state index contributed by atoms with van der Waals surface area (Å²) in [5.41, 5.74) is 1.01. The van der Waals surface area contributed by atoms with E-state index in [1.807, 2.05) is 6.92 Å². The molecule has 0 aliphatic carbocycles. The van der Waals surface area contributed by atoms with E-state index in [0.29, 0.717) is 12.2 Å². The monoisotopic (exact) mass is 287 g/mol. The first-order chi connectivity index (χ1) is 10.1. The fourth-order valence-electron chi connectivity index (χ4n) is 1.75. The standard InChI is InChI=1S/C15H14FN3O2/c1-2-19-10-13(9-17-19)18-15(21)14-6-5-12(16)8-11(14)4-3-7-20/h5-6,8-10,20H,2,7H2,1H3,(H,18,21). The van der Waals surface area contributed by atoms with Crippen LogP contribution in [0.1, 0.15) is 22.8 Å². The van der Waals surface area contributed by atoms with Crippen LogP contribution < -0.4 is 5.32 Å². The minimum Gasteiger partial charge on any atom is -0.384 e. The Kier molecular flexibility index (Phi) is 4.69. The normalized spacial score (nSPS) is 9.86. The van der Waals surface area contributed by atoms with Gasteiger partial charge in [-0.15, -0.1) is 0 Å². The molecule has 1 aromatic heterocycles. The van der Waals surface area contributed by atoms with Gasteiger partial charge in [-0.2, -0.15) is 5.10 Å². The molecule has 0 radical (unpaired) electrons. The van der Waals surface area contributed by atoms with E-state index in [1.54, 1.807) is 10.9 Å². The predicted octanol–water partition coefficient (Wildman–Crippen LogP) is 1.64. The summed E-state index contributed by atoms with van der Waals surface area (Å²) in [5.74, 6) is 4.07. The van der Waals surface area contributed by atoms with Crippen molar-refractivity contribution in [2.45, 2.75) is 13.5 Å². The molecule has 0 spiro atoms. The molecule has 0 saturated heterocycles. The highest BCUT2D eigenvalue weighted by Gasteiger charge is 2.12. The molecular formula is C15H14FN3O2. The first-order valence-corrected chi connectivity index (χ1v) is 6.37. The van der Waals surface area contributed by atoms with Crippen molar-refractivity contribution in [3.63, 3.8) is 0 Å². The smallest absolute Gasteiger partial charge is 0.257 e. The molecule has 1 aromatic carbocycles. The molecule has 0 fully saturated rings. The van der Waals surface area contributed by atoms with Crippen LogP contribution in [0.3, 0.4) is 0 Å². The summed E-state index contributed by atoms with van der Waals surface area (Å²) in [6.07, 6.45) is 3.23. The molecule has 0 bridgehead atoms. The van der Waals surface area contributed by atoms with Gasteiger partial charge in [0.15, 0.2) is 0 Å². The van der Waals surface area contributed by atoms with Gasteiger partial charge in [-0.05, 0) is 25.1 Å². The summed E-state index contributed by atoms with van der Waals surface area (Å²) in [6, 6.07) is 3.71. The second-order valence-electron chi connectivity index (χ2n) is 4.19. The maximum atomic E-state index is 13.2. The number of benzene rings is 1. The third-order valence-electron chi connectivity index (χ3n) is 2.74. The Labute approximate surface area is 121 Å². The van der Waals surface area contributed by atoms with E-state index in [1.165, 1.54) is 18.3 Å². The summed E-state index contributed by atoms with van der Waals surface area (Å²) in [6.45, 7) is 2.27. The van der Waals surface area contributed by atoms with Gasteiger partial charge in [-0.1, -0.05) is 11.8 Å². The van der Waals surface area contributed by atoms with Crippen LogP contribution in [-0.2, 0) is 6.54 Å². The van der Waals surface area contributed by atoms with Crippen LogP contribution in [0.25, 0.3) is 0 Å². The Morgan fingerprint density at radius 2 is 2.33 bits per heavy atom. The van der Waals surface area contributed by atoms with Gasteiger partial charge in [0.25, 0.3) is 5.91 Å². The highest BCUT2D eigenvalue weighted by molar-refractivity contribution is 6.05. The molecule has 2 N–H and O–H groups in total. The highest BCUT2D eigenvalue weighted by Crippen LogP contribution is 2.13. The lowest BCUT2D eigenvalue weighted by Gasteiger charge is -2.05. The molecule has 1 amide bonds. The average Bonchev–Trinajstić information content (AvgIpc) is 2.92. The van der Waals surface area contributed by atoms with Gasteiger partial charge in [0.2, 0.25) is 0 Å². The number of amides is 1. The minimum absolute atomic E-state index is 0.226. The van der Waals surface area contributed by atoms with Crippen LogP contribution in [0.5, 0.6) is 0 Å². The molecule has 0 atom stereocenters. The Balaban J connectivity index is 2.26. The van der Waals surface area contributed by atoms with Gasteiger partial charge in [-0.3, -0.25) is 9.48 Å². The number of carbonyl (C=O) groups excluding carboxylic acids is 1. The lowest BCUT2D eigenvalue weighted by Crippen LogP contribution is -2.13. The fraction of sp³-hybridized carbons (Fsp3) is 0.200. The third kappa shape index (κ3) is 3.68. The zero-order chi connectivity index (χ0) is 15.2. The quantitative estimate of drug-likeness (QED) is 0.843. The van der Waals surface area contributed by atoms with Gasteiger partial charge >= 0.3 is 0 Å². The third-order valence-corrected chi connectivity index (χ3v) is 2.74. The Morgan fingerprint density at radius 1 is 1.52 bits per heavy atom. The number of rotatable bonds is 3. The molecule has 0 aliphatic rings. The zero-order valence-electron chi connectivity index (χ0n) is 11.4. The van der Waals surface area contributed by atoms with Gasteiger partial charge in [0, 0.05) is 18.3 Å². The second-order valence-corrected chi connectivity index (χ2v) is 4.19. The largest absolute Gasteiger partial charge is 0.384 e. The van der Waals surface area contributed by atoms with Crippen molar-refractivity contribution in [2.24, 2.45) is 0 Å². The van der Waals surface area contributed by atoms with Gasteiger partial charge in [-0.25, -0.2) is 4.39 Å². The van der Waals surface area contributed by atoms with E-state index in [2.05, 4.69) is 22.3 Å². The van der Waals surface area contributed by atoms with Crippen LogP contribution >= 0.6 is 0 Å². The first-order valence-electron chi connectivity index (χ1n) is 6.37. The first kappa shape index (κ1) is 14.8. The Morgan fingerprint density at radius 3 is 3.00 bits per heavy atom. The lowest BCUT2D eigenvalue weighted by atomic mass is 10.1. The number of aliphatic hydroxyl groups is 1. The predicted molar refractivity (Wildman–Crippen MR) is 76.2 cm³/mol. The lowest BCUT2D eigenvalue weighted by molar-refractivity contribution is 0.102. The Hall–Kier alpha value is -2.65. The highest BCUT2D eigenvalue weighted by atomic mass is 19.1. The van der Waals surface area contributed by atoms with Crippen LogP contribution in [0.2, 0.25) is 0 Å². The van der Waals surface area contributed by atoms with Crippen LogP contribution in [-0.4, -0.2) is 27.4 Å². The summed E-state index contributed by atoms with van der Waals surface area (Å²) < 4.78 is 14.9. The SMILES string of the molecule is CCn1cc(NC(=O)c2ccc(F)cc2C#CCO)cn1. The van der Waals surface area contributed by atoms with Crippen molar-refractivity contribution >= 4 is 11.6 Å².